The number of aliphatic hydroxyl groups excluding tert-OH is 1. The lowest BCUT2D eigenvalue weighted by atomic mass is 10.1. The maximum atomic E-state index is 10.4. The van der Waals surface area contributed by atoms with Gasteiger partial charge in [0.15, 0.2) is 5.96 Å². The molecule has 0 aliphatic rings. The van der Waals surface area contributed by atoms with Crippen molar-refractivity contribution in [2.75, 3.05) is 13.1 Å². The summed E-state index contributed by atoms with van der Waals surface area (Å²) in [7, 11) is 1.97. The second kappa shape index (κ2) is 9.55. The van der Waals surface area contributed by atoms with Gasteiger partial charge in [-0.15, -0.1) is 0 Å². The van der Waals surface area contributed by atoms with Gasteiger partial charge in [-0.1, -0.05) is 29.8 Å². The number of nitrogens with one attached hydrogen (secondary N) is 2. The maximum Gasteiger partial charge on any atom is 0.191 e. The first kappa shape index (κ1) is 21.0. The smallest absolute Gasteiger partial charge is 0.191 e. The summed E-state index contributed by atoms with van der Waals surface area (Å²) < 4.78 is 1.93. The van der Waals surface area contributed by atoms with Gasteiger partial charge in [-0.3, -0.25) is 9.67 Å². The first-order valence-corrected chi connectivity index (χ1v) is 9.60. The highest BCUT2D eigenvalue weighted by atomic mass is 16.3. The Morgan fingerprint density at radius 3 is 2.63 bits per heavy atom. The van der Waals surface area contributed by atoms with Crippen LogP contribution in [0.5, 0.6) is 0 Å². The SMILES string of the molecule is CCNC(=NCC(O)c1cccc(C)c1)NC(C)Cc1c(C)nn(C)c1C. The van der Waals surface area contributed by atoms with E-state index in [9.17, 15) is 5.11 Å². The molecule has 2 rings (SSSR count). The molecule has 0 fully saturated rings. The van der Waals surface area contributed by atoms with Crippen molar-refractivity contribution in [3.05, 3.63) is 52.3 Å². The van der Waals surface area contributed by atoms with Crippen LogP contribution >= 0.6 is 0 Å². The summed E-state index contributed by atoms with van der Waals surface area (Å²) in [5.41, 5.74) is 5.56. The van der Waals surface area contributed by atoms with Crippen LogP contribution in [0.1, 0.15) is 48.0 Å². The van der Waals surface area contributed by atoms with Crippen LogP contribution in [0, 0.1) is 20.8 Å². The molecule has 0 amide bonds. The van der Waals surface area contributed by atoms with E-state index >= 15 is 0 Å². The molecule has 0 saturated carbocycles. The number of hydrogen-bond acceptors (Lipinski definition) is 3. The van der Waals surface area contributed by atoms with Crippen molar-refractivity contribution in [3.8, 4) is 0 Å². The van der Waals surface area contributed by atoms with Gasteiger partial charge in [-0.25, -0.2) is 0 Å². The quantitative estimate of drug-likeness (QED) is 0.517. The summed E-state index contributed by atoms with van der Waals surface area (Å²) in [6.07, 6.45) is 0.259. The monoisotopic (exact) mass is 371 g/mol. The van der Waals surface area contributed by atoms with Crippen LogP contribution in [0.25, 0.3) is 0 Å². The Morgan fingerprint density at radius 2 is 2.04 bits per heavy atom. The van der Waals surface area contributed by atoms with Crippen molar-refractivity contribution in [1.82, 2.24) is 20.4 Å². The second-order valence-electron chi connectivity index (χ2n) is 7.17. The largest absolute Gasteiger partial charge is 0.386 e. The van der Waals surface area contributed by atoms with E-state index in [0.29, 0.717) is 6.54 Å². The average Bonchev–Trinajstić information content (AvgIpc) is 2.85. The normalized spacial score (nSPS) is 14.1. The molecular weight excluding hydrogens is 338 g/mol. The molecular formula is C21H33N5O. The number of aryl methyl sites for hydroxylation is 3. The minimum absolute atomic E-state index is 0.195. The summed E-state index contributed by atoms with van der Waals surface area (Å²) in [4.78, 5) is 4.57. The van der Waals surface area contributed by atoms with Crippen molar-refractivity contribution in [3.63, 3.8) is 0 Å². The van der Waals surface area contributed by atoms with E-state index in [4.69, 9.17) is 0 Å². The maximum absolute atomic E-state index is 10.4. The average molecular weight is 372 g/mol. The van der Waals surface area contributed by atoms with Crippen molar-refractivity contribution >= 4 is 5.96 Å². The van der Waals surface area contributed by atoms with Gasteiger partial charge in [0.1, 0.15) is 0 Å². The zero-order valence-electron chi connectivity index (χ0n) is 17.4. The van der Waals surface area contributed by atoms with E-state index < -0.39 is 6.10 Å². The highest BCUT2D eigenvalue weighted by Crippen LogP contribution is 2.15. The fourth-order valence-corrected chi connectivity index (χ4v) is 3.18. The number of aromatic nitrogens is 2. The fraction of sp³-hybridized carbons (Fsp3) is 0.524. The molecule has 6 nitrogen and oxygen atoms in total. The summed E-state index contributed by atoms with van der Waals surface area (Å²) in [5, 5.41) is 21.6. The molecule has 27 heavy (non-hydrogen) atoms. The first-order valence-electron chi connectivity index (χ1n) is 9.60. The van der Waals surface area contributed by atoms with Crippen molar-refractivity contribution < 1.29 is 5.11 Å². The lowest BCUT2D eigenvalue weighted by Crippen LogP contribution is -2.43. The van der Waals surface area contributed by atoms with E-state index in [-0.39, 0.29) is 6.04 Å². The van der Waals surface area contributed by atoms with Crippen molar-refractivity contribution in [2.24, 2.45) is 12.0 Å². The summed E-state index contributed by atoms with van der Waals surface area (Å²) in [6, 6.07) is 8.11. The van der Waals surface area contributed by atoms with Gasteiger partial charge >= 0.3 is 0 Å². The molecule has 0 aliphatic heterocycles. The van der Waals surface area contributed by atoms with Crippen LogP contribution in [0.4, 0.5) is 0 Å². The highest BCUT2D eigenvalue weighted by Gasteiger charge is 2.14. The summed E-state index contributed by atoms with van der Waals surface area (Å²) in [5.74, 6) is 0.718. The van der Waals surface area contributed by atoms with Crippen LogP contribution in [-0.2, 0) is 13.5 Å². The fourth-order valence-electron chi connectivity index (χ4n) is 3.18. The Morgan fingerprint density at radius 1 is 1.30 bits per heavy atom. The molecule has 0 saturated heterocycles. The minimum atomic E-state index is -0.613. The first-order chi connectivity index (χ1) is 12.8. The molecule has 6 heteroatoms. The lowest BCUT2D eigenvalue weighted by molar-refractivity contribution is 0.187. The Bertz CT molecular complexity index is 781. The van der Waals surface area contributed by atoms with E-state index in [1.807, 2.05) is 56.8 Å². The van der Waals surface area contributed by atoms with Crippen LogP contribution < -0.4 is 10.6 Å². The predicted molar refractivity (Wildman–Crippen MR) is 111 cm³/mol. The molecule has 0 radical (unpaired) electrons. The number of nitrogens with zero attached hydrogens (tertiary/aromatic N) is 3. The van der Waals surface area contributed by atoms with Crippen molar-refractivity contribution in [2.45, 2.75) is 53.2 Å². The Hall–Kier alpha value is -2.34. The van der Waals surface area contributed by atoms with Gasteiger partial charge in [0.2, 0.25) is 0 Å². The molecule has 0 aliphatic carbocycles. The number of rotatable bonds is 7. The van der Waals surface area contributed by atoms with Crippen LogP contribution in [0.3, 0.4) is 0 Å². The molecule has 0 bridgehead atoms. The molecule has 3 N–H and O–H groups in total. The van der Waals surface area contributed by atoms with Crippen LogP contribution in [0.15, 0.2) is 29.3 Å². The van der Waals surface area contributed by atoms with E-state index in [1.54, 1.807) is 0 Å². The molecule has 2 unspecified atom stereocenters. The topological polar surface area (TPSA) is 74.5 Å². The molecule has 0 spiro atoms. The predicted octanol–water partition coefficient (Wildman–Crippen LogP) is 2.57. The van der Waals surface area contributed by atoms with Crippen LogP contribution in [0.2, 0.25) is 0 Å². The number of aliphatic hydroxyl groups is 1. The molecule has 2 aromatic rings. The molecule has 2 atom stereocenters. The lowest BCUT2D eigenvalue weighted by Gasteiger charge is -2.19. The molecule has 1 aromatic heterocycles. The second-order valence-corrected chi connectivity index (χ2v) is 7.17. The molecule has 148 valence electrons. The van der Waals surface area contributed by atoms with E-state index in [2.05, 4.69) is 34.6 Å². The van der Waals surface area contributed by atoms with Gasteiger partial charge in [-0.05, 0) is 52.2 Å². The van der Waals surface area contributed by atoms with Crippen molar-refractivity contribution in [1.29, 1.82) is 0 Å². The third-order valence-corrected chi connectivity index (χ3v) is 4.75. The molecule has 1 aromatic carbocycles. The Balaban J connectivity index is 2.02. The molecule has 1 heterocycles. The summed E-state index contributed by atoms with van der Waals surface area (Å²) >= 11 is 0. The van der Waals surface area contributed by atoms with Crippen LogP contribution in [-0.4, -0.2) is 40.0 Å². The van der Waals surface area contributed by atoms with Gasteiger partial charge in [-0.2, -0.15) is 5.10 Å². The third-order valence-electron chi connectivity index (χ3n) is 4.75. The van der Waals surface area contributed by atoms with Gasteiger partial charge < -0.3 is 15.7 Å². The van der Waals surface area contributed by atoms with E-state index in [0.717, 1.165) is 35.7 Å². The van der Waals surface area contributed by atoms with E-state index in [1.165, 1.54) is 11.3 Å². The zero-order valence-corrected chi connectivity index (χ0v) is 17.4. The zero-order chi connectivity index (χ0) is 20.0. The number of hydrogen-bond donors (Lipinski definition) is 3. The number of benzene rings is 1. The standard InChI is InChI=1S/C21H33N5O/c1-7-22-21(23-13-20(27)18-10-8-9-14(2)11-18)24-15(3)12-19-16(4)25-26(6)17(19)5/h8-11,15,20,27H,7,12-13H2,1-6H3,(H2,22,23,24). The third kappa shape index (κ3) is 5.82. The number of aliphatic imine (C=N–C) groups is 1. The summed E-state index contributed by atoms with van der Waals surface area (Å²) in [6.45, 7) is 11.4. The number of guanidine groups is 1. The Labute approximate surface area is 162 Å². The van der Waals surface area contributed by atoms with Gasteiger partial charge in [0.05, 0.1) is 18.3 Å². The van der Waals surface area contributed by atoms with Gasteiger partial charge in [0, 0.05) is 25.3 Å². The Kier molecular flexibility index (Phi) is 7.42. The highest BCUT2D eigenvalue weighted by molar-refractivity contribution is 5.80. The van der Waals surface area contributed by atoms with Gasteiger partial charge in [0.25, 0.3) is 0 Å². The minimum Gasteiger partial charge on any atom is -0.386 e.